The number of hydrogen-bond donors (Lipinski definition) is 0. The minimum atomic E-state index is -1.92. The molecular weight excluding hydrogens is 226 g/mol. The van der Waals surface area contributed by atoms with Crippen molar-refractivity contribution in [2.75, 3.05) is 0 Å². The van der Waals surface area contributed by atoms with Crippen LogP contribution in [0.25, 0.3) is 0 Å². The van der Waals surface area contributed by atoms with Crippen LogP contribution in [0.5, 0.6) is 0 Å². The van der Waals surface area contributed by atoms with E-state index in [0.717, 1.165) is 6.42 Å². The Morgan fingerprint density at radius 1 is 1.30 bits per heavy atom. The zero-order valence-corrected chi connectivity index (χ0v) is 9.40. The van der Waals surface area contributed by atoms with Gasteiger partial charge in [-0.2, -0.15) is 6.08 Å². The molecule has 1 aliphatic carbocycles. The van der Waals surface area contributed by atoms with E-state index in [9.17, 15) is 0 Å². The van der Waals surface area contributed by atoms with E-state index in [1.54, 1.807) is 0 Å². The van der Waals surface area contributed by atoms with Crippen LogP contribution in [-0.4, -0.2) is 0 Å². The van der Waals surface area contributed by atoms with E-state index in [-0.39, 0.29) is 7.43 Å². The molecule has 0 saturated heterocycles. The topological polar surface area (TPSA) is 0 Å². The molecule has 0 spiro atoms. The van der Waals surface area contributed by atoms with Gasteiger partial charge in [0.25, 0.3) is 0 Å². The molecule has 0 unspecified atom stereocenters. The van der Waals surface area contributed by atoms with E-state index in [1.807, 2.05) is 12.2 Å². The van der Waals surface area contributed by atoms with Gasteiger partial charge in [0.1, 0.15) is 0 Å². The third kappa shape index (κ3) is 16.0. The van der Waals surface area contributed by atoms with Gasteiger partial charge in [-0.05, 0) is 0 Å². The summed E-state index contributed by atoms with van der Waals surface area (Å²) in [5, 5.41) is 0. The molecule has 10 heavy (non-hydrogen) atoms. The summed E-state index contributed by atoms with van der Waals surface area (Å²) in [6.45, 7) is 0. The van der Waals surface area contributed by atoms with E-state index in [4.69, 9.17) is 27.9 Å². The molecule has 0 aliphatic heterocycles. The summed E-state index contributed by atoms with van der Waals surface area (Å²) in [7, 11) is 14.9. The van der Waals surface area contributed by atoms with Crippen molar-refractivity contribution >= 4 is 27.9 Å². The molecule has 1 aliphatic rings. The first kappa shape index (κ1) is 13.6. The van der Waals surface area contributed by atoms with Crippen molar-refractivity contribution in [1.82, 2.24) is 0 Å². The Bertz CT molecular complexity index is 96.8. The van der Waals surface area contributed by atoms with Gasteiger partial charge in [0.15, 0.2) is 0 Å². The van der Waals surface area contributed by atoms with Crippen LogP contribution in [0.15, 0.2) is 18.2 Å². The van der Waals surface area contributed by atoms with Crippen molar-refractivity contribution < 1.29 is 14.7 Å². The monoisotopic (exact) mass is 233 g/mol. The SMILES string of the molecule is [C-]1=CC=CC1.[CH3-].[Cl][Ti]([Cl])[Cl]. The molecule has 0 atom stereocenters. The van der Waals surface area contributed by atoms with Crippen LogP contribution in [0.4, 0.5) is 0 Å². The number of halogens is 3. The zero-order chi connectivity index (χ0) is 7.11. The van der Waals surface area contributed by atoms with Crippen LogP contribution in [0.3, 0.4) is 0 Å². The second kappa shape index (κ2) is 10.1. The molecule has 0 amide bonds. The summed E-state index contributed by atoms with van der Waals surface area (Å²) in [6, 6.07) is 0. The number of rotatable bonds is 0. The average molecular weight is 234 g/mol. The minimum absolute atomic E-state index is 0. The Balaban J connectivity index is 0. The van der Waals surface area contributed by atoms with E-state index in [0.29, 0.717) is 0 Å². The van der Waals surface area contributed by atoms with Gasteiger partial charge in [0.2, 0.25) is 0 Å². The second-order valence-corrected chi connectivity index (χ2v) is 8.95. The molecule has 0 aromatic rings. The van der Waals surface area contributed by atoms with E-state index < -0.39 is 14.7 Å². The predicted octanol–water partition coefficient (Wildman–Crippen LogP) is 3.82. The number of allylic oxidation sites excluding steroid dienone is 4. The van der Waals surface area contributed by atoms with E-state index >= 15 is 0 Å². The first-order valence-electron chi connectivity index (χ1n) is 2.28. The predicted molar refractivity (Wildman–Crippen MR) is 45.5 cm³/mol. The van der Waals surface area contributed by atoms with Gasteiger partial charge < -0.3 is 7.43 Å². The Kier molecular flexibility index (Phi) is 13.7. The molecule has 0 bridgehead atoms. The Hall–Kier alpha value is 1.06. The molecule has 0 nitrogen and oxygen atoms in total. The van der Waals surface area contributed by atoms with Crippen LogP contribution in [0.1, 0.15) is 6.42 Å². The Morgan fingerprint density at radius 2 is 1.80 bits per heavy atom. The van der Waals surface area contributed by atoms with Gasteiger partial charge in [-0.1, -0.05) is 0 Å². The Labute approximate surface area is 80.3 Å². The van der Waals surface area contributed by atoms with Crippen molar-refractivity contribution in [2.45, 2.75) is 6.42 Å². The maximum atomic E-state index is 4.97. The number of hydrogen-bond acceptors (Lipinski definition) is 0. The standard InChI is InChI=1S/C5H5.CH3.3ClH.Ti/c1-2-4-5-3-1;;;;;/h1-3H,4H2;1H3;3*1H;/q2*-1;;;;+3/p-3. The summed E-state index contributed by atoms with van der Waals surface area (Å²) in [6.07, 6.45) is 10.0. The molecule has 0 N–H and O–H groups in total. The molecule has 4 heteroatoms. The molecule has 0 fully saturated rings. The maximum absolute atomic E-state index is 4.97. The van der Waals surface area contributed by atoms with Crippen molar-refractivity contribution in [3.05, 3.63) is 31.7 Å². The van der Waals surface area contributed by atoms with Gasteiger partial charge in [0.05, 0.1) is 0 Å². The van der Waals surface area contributed by atoms with Gasteiger partial charge in [-0.25, -0.2) is 12.2 Å². The second-order valence-electron chi connectivity index (χ2n) is 1.22. The van der Waals surface area contributed by atoms with Gasteiger partial charge >= 0.3 is 42.6 Å². The Morgan fingerprint density at radius 3 is 1.90 bits per heavy atom. The van der Waals surface area contributed by atoms with E-state index in [1.165, 1.54) is 0 Å². The molecule has 0 aromatic heterocycles. The summed E-state index contributed by atoms with van der Waals surface area (Å²) < 4.78 is 0. The molecular formula is C6H8Cl3Ti-2. The van der Waals surface area contributed by atoms with Gasteiger partial charge in [-0.15, -0.1) is 6.42 Å². The van der Waals surface area contributed by atoms with Crippen LogP contribution >= 0.6 is 27.9 Å². The fourth-order valence-electron chi connectivity index (χ4n) is 0.340. The normalized spacial score (nSPS) is 11.5. The summed E-state index contributed by atoms with van der Waals surface area (Å²) >= 11 is -1.92. The van der Waals surface area contributed by atoms with Crippen molar-refractivity contribution in [3.63, 3.8) is 0 Å². The fourth-order valence-corrected chi connectivity index (χ4v) is 0.340. The summed E-state index contributed by atoms with van der Waals surface area (Å²) in [5.41, 5.74) is 0. The third-order valence-electron chi connectivity index (χ3n) is 0.586. The summed E-state index contributed by atoms with van der Waals surface area (Å²) in [4.78, 5) is 0. The van der Waals surface area contributed by atoms with Crippen molar-refractivity contribution in [2.24, 2.45) is 0 Å². The summed E-state index contributed by atoms with van der Waals surface area (Å²) in [5.74, 6) is 0. The molecule has 1 rings (SSSR count). The van der Waals surface area contributed by atoms with Crippen molar-refractivity contribution in [3.8, 4) is 0 Å². The first-order valence-corrected chi connectivity index (χ1v) is 8.73. The average Bonchev–Trinajstić information content (AvgIpc) is 2.11. The van der Waals surface area contributed by atoms with Gasteiger partial charge in [-0.3, -0.25) is 6.08 Å². The quantitative estimate of drug-likeness (QED) is 0.441. The van der Waals surface area contributed by atoms with Gasteiger partial charge in [0, 0.05) is 0 Å². The zero-order valence-electron chi connectivity index (χ0n) is 5.57. The van der Waals surface area contributed by atoms with E-state index in [2.05, 4.69) is 12.2 Å². The van der Waals surface area contributed by atoms with Crippen LogP contribution in [0, 0.1) is 13.5 Å². The van der Waals surface area contributed by atoms with Crippen molar-refractivity contribution in [1.29, 1.82) is 0 Å². The van der Waals surface area contributed by atoms with Crippen LogP contribution in [0.2, 0.25) is 0 Å². The molecule has 0 saturated carbocycles. The van der Waals surface area contributed by atoms with Crippen LogP contribution in [-0.2, 0) is 14.7 Å². The molecule has 59 valence electrons. The molecule has 0 aromatic carbocycles. The molecule has 0 heterocycles. The fraction of sp³-hybridized carbons (Fsp3) is 0.167. The van der Waals surface area contributed by atoms with Crippen LogP contribution < -0.4 is 0 Å². The third-order valence-corrected chi connectivity index (χ3v) is 0.586. The first-order chi connectivity index (χ1) is 4.23. The molecule has 0 radical (unpaired) electrons.